The van der Waals surface area contributed by atoms with E-state index in [0.717, 1.165) is 12.5 Å². The number of amides is 1. The van der Waals surface area contributed by atoms with E-state index in [1.807, 2.05) is 0 Å². The SMILES string of the molecule is CC(C)C(Br)C(=O)N1CCC[C@H]2CCCC[C@H]21. The first-order valence-corrected chi connectivity index (χ1v) is 7.97. The molecule has 0 aromatic rings. The van der Waals surface area contributed by atoms with Gasteiger partial charge in [0, 0.05) is 12.6 Å². The first-order chi connectivity index (χ1) is 8.11. The van der Waals surface area contributed by atoms with Crippen LogP contribution in [-0.4, -0.2) is 28.2 Å². The zero-order valence-electron chi connectivity index (χ0n) is 11.0. The minimum Gasteiger partial charge on any atom is -0.338 e. The highest BCUT2D eigenvalue weighted by atomic mass is 79.9. The number of piperidine rings is 1. The van der Waals surface area contributed by atoms with Gasteiger partial charge in [0.05, 0.1) is 4.83 Å². The Morgan fingerprint density at radius 3 is 2.53 bits per heavy atom. The molecule has 1 aliphatic carbocycles. The predicted molar refractivity (Wildman–Crippen MR) is 74.2 cm³/mol. The molecule has 1 unspecified atom stereocenters. The summed E-state index contributed by atoms with van der Waals surface area (Å²) in [6, 6.07) is 0.545. The molecule has 3 atom stereocenters. The number of halogens is 1. The van der Waals surface area contributed by atoms with E-state index in [2.05, 4.69) is 34.7 Å². The number of rotatable bonds is 2. The van der Waals surface area contributed by atoms with Crippen LogP contribution in [0.5, 0.6) is 0 Å². The summed E-state index contributed by atoms with van der Waals surface area (Å²) in [6.45, 7) is 5.20. The molecule has 0 spiro atoms. The molecule has 0 bridgehead atoms. The van der Waals surface area contributed by atoms with Crippen molar-refractivity contribution in [2.24, 2.45) is 11.8 Å². The fraction of sp³-hybridized carbons (Fsp3) is 0.929. The smallest absolute Gasteiger partial charge is 0.236 e. The summed E-state index contributed by atoms with van der Waals surface area (Å²) < 4.78 is 0. The van der Waals surface area contributed by atoms with Gasteiger partial charge in [-0.2, -0.15) is 0 Å². The molecule has 2 fully saturated rings. The van der Waals surface area contributed by atoms with Crippen LogP contribution in [0.25, 0.3) is 0 Å². The predicted octanol–water partition coefficient (Wildman–Crippen LogP) is 3.59. The van der Waals surface area contributed by atoms with E-state index >= 15 is 0 Å². The largest absolute Gasteiger partial charge is 0.338 e. The van der Waals surface area contributed by atoms with Crippen molar-refractivity contribution in [3.63, 3.8) is 0 Å². The van der Waals surface area contributed by atoms with E-state index in [1.165, 1.54) is 38.5 Å². The van der Waals surface area contributed by atoms with Crippen molar-refractivity contribution in [1.29, 1.82) is 0 Å². The van der Waals surface area contributed by atoms with Crippen molar-refractivity contribution in [3.05, 3.63) is 0 Å². The normalized spacial score (nSPS) is 31.2. The van der Waals surface area contributed by atoms with E-state index in [1.54, 1.807) is 0 Å². The first kappa shape index (κ1) is 13.4. The maximum absolute atomic E-state index is 12.5. The lowest BCUT2D eigenvalue weighted by molar-refractivity contribution is -0.137. The number of hydrogen-bond donors (Lipinski definition) is 0. The fourth-order valence-electron chi connectivity index (χ4n) is 3.34. The van der Waals surface area contributed by atoms with Crippen LogP contribution >= 0.6 is 15.9 Å². The van der Waals surface area contributed by atoms with Crippen molar-refractivity contribution < 1.29 is 4.79 Å². The monoisotopic (exact) mass is 301 g/mol. The second-order valence-electron chi connectivity index (χ2n) is 5.93. The van der Waals surface area contributed by atoms with Gasteiger partial charge in [-0.1, -0.05) is 42.6 Å². The van der Waals surface area contributed by atoms with Crippen molar-refractivity contribution in [2.45, 2.75) is 63.2 Å². The van der Waals surface area contributed by atoms with Crippen molar-refractivity contribution in [1.82, 2.24) is 4.90 Å². The van der Waals surface area contributed by atoms with Gasteiger partial charge < -0.3 is 4.90 Å². The fourth-order valence-corrected chi connectivity index (χ4v) is 3.60. The first-order valence-electron chi connectivity index (χ1n) is 7.06. The van der Waals surface area contributed by atoms with Crippen molar-refractivity contribution in [2.75, 3.05) is 6.54 Å². The Hall–Kier alpha value is -0.0500. The van der Waals surface area contributed by atoms with E-state index in [0.29, 0.717) is 17.9 Å². The van der Waals surface area contributed by atoms with Crippen molar-refractivity contribution >= 4 is 21.8 Å². The molecule has 1 saturated heterocycles. The van der Waals surface area contributed by atoms with E-state index < -0.39 is 0 Å². The third-order valence-electron chi connectivity index (χ3n) is 4.35. The molecule has 2 nitrogen and oxygen atoms in total. The molecular weight excluding hydrogens is 278 g/mol. The van der Waals surface area contributed by atoms with Gasteiger partial charge in [0.15, 0.2) is 0 Å². The second-order valence-corrected chi connectivity index (χ2v) is 6.92. The lowest BCUT2D eigenvalue weighted by atomic mass is 9.78. The highest BCUT2D eigenvalue weighted by Gasteiger charge is 2.37. The van der Waals surface area contributed by atoms with Crippen molar-refractivity contribution in [3.8, 4) is 0 Å². The van der Waals surface area contributed by atoms with E-state index in [4.69, 9.17) is 0 Å². The molecule has 0 N–H and O–H groups in total. The highest BCUT2D eigenvalue weighted by Crippen LogP contribution is 2.36. The third-order valence-corrected chi connectivity index (χ3v) is 5.80. The summed E-state index contributed by atoms with van der Waals surface area (Å²) in [4.78, 5) is 14.7. The summed E-state index contributed by atoms with van der Waals surface area (Å²) in [6.07, 6.45) is 7.77. The van der Waals surface area contributed by atoms with Gasteiger partial charge in [-0.25, -0.2) is 0 Å². The summed E-state index contributed by atoms with van der Waals surface area (Å²) in [5.74, 6) is 1.50. The van der Waals surface area contributed by atoms with Crippen LogP contribution in [0.1, 0.15) is 52.4 Å². The second kappa shape index (κ2) is 5.73. The van der Waals surface area contributed by atoms with Crippen LogP contribution < -0.4 is 0 Å². The van der Waals surface area contributed by atoms with Crippen LogP contribution in [0.3, 0.4) is 0 Å². The van der Waals surface area contributed by atoms with Gasteiger partial charge in [0.2, 0.25) is 5.91 Å². The lowest BCUT2D eigenvalue weighted by Crippen LogP contribution is -2.52. The minimum atomic E-state index is 0.00294. The average Bonchev–Trinajstić information content (AvgIpc) is 2.36. The van der Waals surface area contributed by atoms with E-state index in [-0.39, 0.29) is 4.83 Å². The molecule has 0 radical (unpaired) electrons. The molecule has 0 aromatic carbocycles. The zero-order chi connectivity index (χ0) is 12.4. The quantitative estimate of drug-likeness (QED) is 0.714. The van der Waals surface area contributed by atoms with Crippen LogP contribution in [-0.2, 0) is 4.79 Å². The van der Waals surface area contributed by atoms with Gasteiger partial charge in [-0.15, -0.1) is 0 Å². The average molecular weight is 302 g/mol. The number of likely N-dealkylation sites (tertiary alicyclic amines) is 1. The maximum atomic E-state index is 12.5. The molecule has 0 aromatic heterocycles. The molecule has 1 saturated carbocycles. The van der Waals surface area contributed by atoms with Gasteiger partial charge in [-0.3, -0.25) is 4.79 Å². The molecule has 2 aliphatic rings. The number of hydrogen-bond acceptors (Lipinski definition) is 1. The van der Waals surface area contributed by atoms with Gasteiger partial charge >= 0.3 is 0 Å². The summed E-state index contributed by atoms with van der Waals surface area (Å²) in [7, 11) is 0. The Morgan fingerprint density at radius 1 is 1.18 bits per heavy atom. The lowest BCUT2D eigenvalue weighted by Gasteiger charge is -2.45. The Bertz CT molecular complexity index is 277. The Morgan fingerprint density at radius 2 is 1.82 bits per heavy atom. The third kappa shape index (κ3) is 2.86. The Labute approximate surface area is 113 Å². The van der Waals surface area contributed by atoms with Crippen LogP contribution in [0.2, 0.25) is 0 Å². The zero-order valence-corrected chi connectivity index (χ0v) is 12.6. The Kier molecular flexibility index (Phi) is 4.51. The standard InChI is InChI=1S/C14H24BrNO/c1-10(2)13(15)14(17)16-9-5-7-11-6-3-4-8-12(11)16/h10-13H,3-9H2,1-2H3/t11-,12-,13?/m1/s1. The minimum absolute atomic E-state index is 0.00294. The van der Waals surface area contributed by atoms with Crippen LogP contribution in [0, 0.1) is 11.8 Å². The molecule has 1 aliphatic heterocycles. The molecule has 1 amide bonds. The summed E-state index contributed by atoms with van der Waals surface area (Å²) >= 11 is 3.57. The maximum Gasteiger partial charge on any atom is 0.236 e. The Balaban J connectivity index is 2.05. The molecule has 2 rings (SSSR count). The van der Waals surface area contributed by atoms with Crippen LogP contribution in [0.15, 0.2) is 0 Å². The number of nitrogens with zero attached hydrogens (tertiary/aromatic N) is 1. The van der Waals surface area contributed by atoms with Gasteiger partial charge in [0.1, 0.15) is 0 Å². The number of carbonyl (C=O) groups excluding carboxylic acids is 1. The molecule has 1 heterocycles. The summed E-state index contributed by atoms with van der Waals surface area (Å²) in [5, 5.41) is 0. The number of carbonyl (C=O) groups is 1. The van der Waals surface area contributed by atoms with Gasteiger partial charge in [-0.05, 0) is 37.5 Å². The molecule has 17 heavy (non-hydrogen) atoms. The molecule has 3 heteroatoms. The number of fused-ring (bicyclic) bond motifs is 1. The van der Waals surface area contributed by atoms with Gasteiger partial charge in [0.25, 0.3) is 0 Å². The topological polar surface area (TPSA) is 20.3 Å². The number of alkyl halides is 1. The summed E-state index contributed by atoms with van der Waals surface area (Å²) in [5.41, 5.74) is 0. The molecular formula is C14H24BrNO. The molecule has 98 valence electrons. The highest BCUT2D eigenvalue weighted by molar-refractivity contribution is 9.10. The van der Waals surface area contributed by atoms with E-state index in [9.17, 15) is 4.79 Å². The van der Waals surface area contributed by atoms with Crippen LogP contribution in [0.4, 0.5) is 0 Å².